The number of pyridine rings is 1. The van der Waals surface area contributed by atoms with E-state index in [-0.39, 0.29) is 0 Å². The number of hydrogen-bond donors (Lipinski definition) is 1. The summed E-state index contributed by atoms with van der Waals surface area (Å²) in [5, 5.41) is 12.6. The molecule has 0 amide bonds. The molecular formula is C15H21N3O. The van der Waals surface area contributed by atoms with Crippen molar-refractivity contribution < 1.29 is 4.74 Å². The molecule has 1 aliphatic rings. The highest BCUT2D eigenvalue weighted by atomic mass is 16.5. The molecule has 1 fully saturated rings. The zero-order valence-corrected chi connectivity index (χ0v) is 11.7. The molecule has 102 valence electrons. The van der Waals surface area contributed by atoms with Crippen LogP contribution in [0, 0.1) is 31.1 Å². The number of rotatable bonds is 4. The number of aryl methyl sites for hydroxylation is 2. The largest absolute Gasteiger partial charge is 0.492 e. The number of hydrogen-bond acceptors (Lipinski definition) is 4. The maximum absolute atomic E-state index is 9.16. The first kappa shape index (κ1) is 13.8. The smallest absolute Gasteiger partial charge is 0.140 e. The monoisotopic (exact) mass is 259 g/mol. The van der Waals surface area contributed by atoms with Crippen molar-refractivity contribution in [1.82, 2.24) is 10.3 Å². The third-order valence-corrected chi connectivity index (χ3v) is 3.59. The van der Waals surface area contributed by atoms with Gasteiger partial charge < -0.3 is 10.1 Å². The normalized spacial score (nSPS) is 18.9. The van der Waals surface area contributed by atoms with Gasteiger partial charge >= 0.3 is 0 Å². The lowest BCUT2D eigenvalue weighted by molar-refractivity contribution is 0.253. The molecule has 1 aromatic heterocycles. The van der Waals surface area contributed by atoms with Crippen LogP contribution >= 0.6 is 0 Å². The summed E-state index contributed by atoms with van der Waals surface area (Å²) in [6, 6.07) is 4.03. The first-order valence-corrected chi connectivity index (χ1v) is 6.92. The van der Waals surface area contributed by atoms with Crippen LogP contribution in [0.25, 0.3) is 0 Å². The van der Waals surface area contributed by atoms with Crippen molar-refractivity contribution >= 4 is 0 Å². The van der Waals surface area contributed by atoms with Crippen molar-refractivity contribution in [2.75, 3.05) is 19.7 Å². The van der Waals surface area contributed by atoms with Crippen LogP contribution in [-0.2, 0) is 0 Å². The summed E-state index contributed by atoms with van der Waals surface area (Å²) >= 11 is 0. The van der Waals surface area contributed by atoms with Crippen LogP contribution in [0.2, 0.25) is 0 Å². The Hall–Kier alpha value is -1.60. The molecule has 1 unspecified atom stereocenters. The van der Waals surface area contributed by atoms with Gasteiger partial charge in [-0.2, -0.15) is 5.26 Å². The topological polar surface area (TPSA) is 57.9 Å². The molecule has 0 bridgehead atoms. The van der Waals surface area contributed by atoms with Crippen molar-refractivity contribution in [3.8, 4) is 11.8 Å². The third-order valence-electron chi connectivity index (χ3n) is 3.59. The quantitative estimate of drug-likeness (QED) is 0.901. The maximum Gasteiger partial charge on any atom is 0.140 e. The van der Waals surface area contributed by atoms with Gasteiger partial charge in [-0.1, -0.05) is 0 Å². The Balaban J connectivity index is 1.93. The Bertz CT molecular complexity index is 473. The average molecular weight is 259 g/mol. The second-order valence-electron chi connectivity index (χ2n) is 5.18. The Labute approximate surface area is 114 Å². The number of piperidine rings is 1. The van der Waals surface area contributed by atoms with E-state index in [2.05, 4.69) is 16.4 Å². The summed E-state index contributed by atoms with van der Waals surface area (Å²) in [6.07, 6.45) is 3.57. The lowest BCUT2D eigenvalue weighted by Crippen LogP contribution is -2.30. The highest BCUT2D eigenvalue weighted by Gasteiger charge is 2.14. The van der Waals surface area contributed by atoms with Crippen LogP contribution in [0.3, 0.4) is 0 Å². The van der Waals surface area contributed by atoms with Crippen LogP contribution in [0.1, 0.15) is 36.2 Å². The Morgan fingerprint density at radius 3 is 3.05 bits per heavy atom. The minimum atomic E-state index is 0.562. The molecule has 2 rings (SSSR count). The molecule has 19 heavy (non-hydrogen) atoms. The van der Waals surface area contributed by atoms with E-state index in [1.54, 1.807) is 0 Å². The fourth-order valence-electron chi connectivity index (χ4n) is 2.55. The first-order chi connectivity index (χ1) is 9.20. The molecule has 1 aliphatic heterocycles. The number of nitrogens with one attached hydrogen (secondary N) is 1. The maximum atomic E-state index is 9.16. The summed E-state index contributed by atoms with van der Waals surface area (Å²) in [7, 11) is 0. The van der Waals surface area contributed by atoms with E-state index in [9.17, 15) is 0 Å². The van der Waals surface area contributed by atoms with Crippen molar-refractivity contribution in [3.05, 3.63) is 23.0 Å². The minimum Gasteiger partial charge on any atom is -0.492 e. The molecule has 1 aromatic rings. The van der Waals surface area contributed by atoms with E-state index >= 15 is 0 Å². The first-order valence-electron chi connectivity index (χ1n) is 6.92. The summed E-state index contributed by atoms with van der Waals surface area (Å²) in [4.78, 5) is 4.29. The lowest BCUT2D eigenvalue weighted by atomic mass is 9.97. The average Bonchev–Trinajstić information content (AvgIpc) is 2.39. The molecule has 0 radical (unpaired) electrons. The molecule has 0 saturated carbocycles. The van der Waals surface area contributed by atoms with E-state index in [0.717, 1.165) is 30.9 Å². The molecule has 1 atom stereocenters. The summed E-state index contributed by atoms with van der Waals surface area (Å²) in [5.41, 5.74) is 2.20. The Morgan fingerprint density at radius 1 is 1.53 bits per heavy atom. The Kier molecular flexibility index (Phi) is 4.75. The molecular weight excluding hydrogens is 238 g/mol. The van der Waals surface area contributed by atoms with Gasteiger partial charge in [0.15, 0.2) is 0 Å². The summed E-state index contributed by atoms with van der Waals surface area (Å²) < 4.78 is 5.80. The van der Waals surface area contributed by atoms with Gasteiger partial charge in [-0.05, 0) is 52.1 Å². The summed E-state index contributed by atoms with van der Waals surface area (Å²) in [5.74, 6) is 1.37. The van der Waals surface area contributed by atoms with E-state index in [0.29, 0.717) is 23.8 Å². The molecule has 4 heteroatoms. The van der Waals surface area contributed by atoms with Gasteiger partial charge in [-0.25, -0.2) is 0 Å². The van der Waals surface area contributed by atoms with Gasteiger partial charge in [0.1, 0.15) is 17.4 Å². The van der Waals surface area contributed by atoms with Crippen molar-refractivity contribution in [2.24, 2.45) is 5.92 Å². The minimum absolute atomic E-state index is 0.562. The van der Waals surface area contributed by atoms with Crippen LogP contribution < -0.4 is 10.1 Å². The Morgan fingerprint density at radius 2 is 2.37 bits per heavy atom. The van der Waals surface area contributed by atoms with Gasteiger partial charge in [0.25, 0.3) is 0 Å². The number of nitriles is 1. The lowest BCUT2D eigenvalue weighted by Gasteiger charge is -2.22. The second kappa shape index (κ2) is 6.53. The van der Waals surface area contributed by atoms with Gasteiger partial charge in [-0.3, -0.25) is 4.98 Å². The van der Waals surface area contributed by atoms with Crippen molar-refractivity contribution in [1.29, 1.82) is 5.26 Å². The number of nitrogens with zero attached hydrogens (tertiary/aromatic N) is 2. The fourth-order valence-corrected chi connectivity index (χ4v) is 2.55. The molecule has 2 heterocycles. The summed E-state index contributed by atoms with van der Waals surface area (Å²) in [6.45, 7) is 6.67. The standard InChI is InChI=1S/C15H21N3O/c1-11-8-15(14(9-16)12(2)18-11)19-7-5-13-4-3-6-17-10-13/h8,13,17H,3-7,10H2,1-2H3. The molecule has 1 saturated heterocycles. The highest BCUT2D eigenvalue weighted by Crippen LogP contribution is 2.22. The van der Waals surface area contributed by atoms with Gasteiger partial charge in [0.2, 0.25) is 0 Å². The van der Waals surface area contributed by atoms with Gasteiger partial charge in [0.05, 0.1) is 12.3 Å². The van der Waals surface area contributed by atoms with Crippen LogP contribution in [0.15, 0.2) is 6.07 Å². The predicted octanol–water partition coefficient (Wildman–Crippen LogP) is 2.34. The van der Waals surface area contributed by atoms with Crippen molar-refractivity contribution in [3.63, 3.8) is 0 Å². The van der Waals surface area contributed by atoms with Crippen LogP contribution in [0.5, 0.6) is 5.75 Å². The molecule has 4 nitrogen and oxygen atoms in total. The van der Waals surface area contributed by atoms with Crippen LogP contribution in [-0.4, -0.2) is 24.7 Å². The number of ether oxygens (including phenoxy) is 1. The molecule has 1 N–H and O–H groups in total. The second-order valence-corrected chi connectivity index (χ2v) is 5.18. The fraction of sp³-hybridized carbons (Fsp3) is 0.600. The van der Waals surface area contributed by atoms with E-state index in [1.165, 1.54) is 12.8 Å². The molecule has 0 aromatic carbocycles. The zero-order valence-electron chi connectivity index (χ0n) is 11.7. The van der Waals surface area contributed by atoms with Crippen molar-refractivity contribution in [2.45, 2.75) is 33.1 Å². The molecule has 0 spiro atoms. The molecule has 0 aliphatic carbocycles. The van der Waals surface area contributed by atoms with E-state index in [4.69, 9.17) is 10.00 Å². The number of aromatic nitrogens is 1. The zero-order chi connectivity index (χ0) is 13.7. The van der Waals surface area contributed by atoms with Crippen LogP contribution in [0.4, 0.5) is 0 Å². The highest BCUT2D eigenvalue weighted by molar-refractivity contribution is 5.46. The SMILES string of the molecule is Cc1cc(OCCC2CCCNC2)c(C#N)c(C)n1. The predicted molar refractivity (Wildman–Crippen MR) is 74.1 cm³/mol. The van der Waals surface area contributed by atoms with Gasteiger partial charge in [0, 0.05) is 11.8 Å². The van der Waals surface area contributed by atoms with E-state index < -0.39 is 0 Å². The van der Waals surface area contributed by atoms with Gasteiger partial charge in [-0.15, -0.1) is 0 Å². The third kappa shape index (κ3) is 3.68. The van der Waals surface area contributed by atoms with E-state index in [1.807, 2.05) is 19.9 Å².